The molecule has 1 aromatic rings. The van der Waals surface area contributed by atoms with E-state index in [1.807, 2.05) is 0 Å². The van der Waals surface area contributed by atoms with Crippen LogP contribution in [0.5, 0.6) is 0 Å². The Morgan fingerprint density at radius 3 is 2.69 bits per heavy atom. The van der Waals surface area contributed by atoms with Crippen LogP contribution in [-0.4, -0.2) is 12.3 Å². The van der Waals surface area contributed by atoms with Crippen LogP contribution in [0.3, 0.4) is 0 Å². The highest BCUT2D eigenvalue weighted by atomic mass is 35.5. The molecule has 1 aromatic carbocycles. The topological polar surface area (TPSA) is 29.1 Å². The third-order valence-electron chi connectivity index (χ3n) is 1.94. The van der Waals surface area contributed by atoms with Gasteiger partial charge in [-0.05, 0) is 23.8 Å². The molecule has 1 amide bonds. The molecular weight excluding hydrogens is 236 g/mol. The minimum Gasteiger partial charge on any atom is -0.340 e. The van der Waals surface area contributed by atoms with Crippen LogP contribution in [0.25, 0.3) is 0 Å². The lowest BCUT2D eigenvalue weighted by molar-refractivity contribution is -0.118. The molecule has 16 heavy (non-hydrogen) atoms. The van der Waals surface area contributed by atoms with Gasteiger partial charge in [-0.3, -0.25) is 4.79 Å². The summed E-state index contributed by atoms with van der Waals surface area (Å²) in [6.07, 6.45) is -1.76. The summed E-state index contributed by atoms with van der Waals surface area (Å²) in [5.41, 5.74) is 0.262. The number of hydrogen-bond donors (Lipinski definition) is 1. The predicted octanol–water partition coefficient (Wildman–Crippen LogP) is 2.95. The summed E-state index contributed by atoms with van der Waals surface area (Å²) < 4.78 is 25.4. The summed E-state index contributed by atoms with van der Waals surface area (Å²) in [5.74, 6) is -0.648. The molecular formula is C11H10ClF2NO. The van der Waals surface area contributed by atoms with Gasteiger partial charge in [0, 0.05) is 5.02 Å². The molecule has 1 atom stereocenters. The lowest BCUT2D eigenvalue weighted by Gasteiger charge is -2.17. The predicted molar refractivity (Wildman–Crippen MR) is 58.5 cm³/mol. The highest BCUT2D eigenvalue weighted by molar-refractivity contribution is 6.30. The van der Waals surface area contributed by atoms with Crippen LogP contribution in [0.2, 0.25) is 5.02 Å². The Morgan fingerprint density at radius 1 is 1.50 bits per heavy atom. The molecule has 0 bridgehead atoms. The zero-order valence-electron chi connectivity index (χ0n) is 8.29. The van der Waals surface area contributed by atoms with Crippen molar-refractivity contribution in [2.24, 2.45) is 0 Å². The summed E-state index contributed by atoms with van der Waals surface area (Å²) in [6, 6.07) is 4.62. The first-order valence-corrected chi connectivity index (χ1v) is 4.89. The second-order valence-corrected chi connectivity index (χ2v) is 3.52. The molecule has 0 aromatic heterocycles. The Labute approximate surface area is 96.9 Å². The lowest BCUT2D eigenvalue weighted by atomic mass is 10.1. The van der Waals surface area contributed by atoms with Gasteiger partial charge in [0.2, 0.25) is 5.91 Å². The molecule has 0 aliphatic rings. The number of hydrogen-bond acceptors (Lipinski definition) is 1. The quantitative estimate of drug-likeness (QED) is 0.812. The van der Waals surface area contributed by atoms with E-state index < -0.39 is 18.4 Å². The van der Waals surface area contributed by atoms with Gasteiger partial charge in [-0.2, -0.15) is 0 Å². The summed E-state index contributed by atoms with van der Waals surface area (Å²) in [4.78, 5) is 11.0. The average Bonchev–Trinajstić information content (AvgIpc) is 2.25. The van der Waals surface area contributed by atoms with Crippen LogP contribution in [0.1, 0.15) is 11.6 Å². The van der Waals surface area contributed by atoms with E-state index in [1.165, 1.54) is 12.1 Å². The molecule has 1 N–H and O–H groups in total. The number of amides is 1. The van der Waals surface area contributed by atoms with Crippen LogP contribution in [0.15, 0.2) is 36.9 Å². The zero-order valence-corrected chi connectivity index (χ0v) is 9.05. The molecule has 0 heterocycles. The third kappa shape index (κ3) is 3.31. The fourth-order valence-corrected chi connectivity index (χ4v) is 1.40. The molecule has 0 aliphatic carbocycles. The van der Waals surface area contributed by atoms with Gasteiger partial charge < -0.3 is 5.32 Å². The second kappa shape index (κ2) is 5.61. The molecule has 0 saturated carbocycles. The Kier molecular flexibility index (Phi) is 4.43. The van der Waals surface area contributed by atoms with E-state index in [4.69, 9.17) is 11.6 Å². The van der Waals surface area contributed by atoms with Gasteiger partial charge >= 0.3 is 0 Å². The molecule has 5 heteroatoms. The normalized spacial score (nSPS) is 12.2. The number of rotatable bonds is 4. The summed E-state index contributed by atoms with van der Waals surface area (Å²) in [7, 11) is 0. The van der Waals surface area contributed by atoms with E-state index in [0.717, 1.165) is 6.08 Å². The largest absolute Gasteiger partial charge is 0.340 e. The van der Waals surface area contributed by atoms with Crippen molar-refractivity contribution >= 4 is 17.5 Å². The van der Waals surface area contributed by atoms with Crippen LogP contribution < -0.4 is 5.32 Å². The number of halogens is 3. The van der Waals surface area contributed by atoms with E-state index in [1.54, 1.807) is 12.1 Å². The number of benzene rings is 1. The Bertz CT molecular complexity index is 395. The van der Waals surface area contributed by atoms with Crippen LogP contribution in [0, 0.1) is 0 Å². The fourth-order valence-electron chi connectivity index (χ4n) is 1.20. The van der Waals surface area contributed by atoms with E-state index in [2.05, 4.69) is 11.9 Å². The van der Waals surface area contributed by atoms with Gasteiger partial charge in [0.1, 0.15) is 6.04 Å². The molecule has 2 nitrogen and oxygen atoms in total. The van der Waals surface area contributed by atoms with Crippen molar-refractivity contribution in [3.05, 3.63) is 47.5 Å². The third-order valence-corrected chi connectivity index (χ3v) is 2.18. The average molecular weight is 246 g/mol. The minimum absolute atomic E-state index is 0.262. The van der Waals surface area contributed by atoms with Crippen LogP contribution >= 0.6 is 11.6 Å². The lowest BCUT2D eigenvalue weighted by Crippen LogP contribution is -2.31. The molecule has 0 aliphatic heterocycles. The zero-order chi connectivity index (χ0) is 12.1. The van der Waals surface area contributed by atoms with Gasteiger partial charge in [-0.25, -0.2) is 8.78 Å². The van der Waals surface area contributed by atoms with E-state index in [9.17, 15) is 13.6 Å². The monoisotopic (exact) mass is 245 g/mol. The SMILES string of the molecule is C=CC(=O)NC(c1cccc(Cl)c1)C(F)F. The Morgan fingerprint density at radius 2 is 2.19 bits per heavy atom. The van der Waals surface area contributed by atoms with Crippen LogP contribution in [0.4, 0.5) is 8.78 Å². The van der Waals surface area contributed by atoms with Gasteiger partial charge in [0.05, 0.1) is 0 Å². The summed E-state index contributed by atoms with van der Waals surface area (Å²) in [6.45, 7) is 3.20. The standard InChI is InChI=1S/C11H10ClF2NO/c1-2-9(16)15-10(11(13)14)7-4-3-5-8(12)6-7/h2-6,10-11H,1H2,(H,15,16). The molecule has 0 radical (unpaired) electrons. The van der Waals surface area contributed by atoms with Crippen molar-refractivity contribution < 1.29 is 13.6 Å². The maximum atomic E-state index is 12.7. The smallest absolute Gasteiger partial charge is 0.262 e. The molecule has 1 unspecified atom stereocenters. The Hall–Kier alpha value is -1.42. The number of alkyl halides is 2. The Balaban J connectivity index is 2.93. The van der Waals surface area contributed by atoms with E-state index >= 15 is 0 Å². The highest BCUT2D eigenvalue weighted by Crippen LogP contribution is 2.23. The van der Waals surface area contributed by atoms with Gasteiger partial charge in [0.15, 0.2) is 0 Å². The first kappa shape index (κ1) is 12.6. The van der Waals surface area contributed by atoms with Crippen molar-refractivity contribution in [1.82, 2.24) is 5.32 Å². The van der Waals surface area contributed by atoms with Gasteiger partial charge in [-0.1, -0.05) is 30.3 Å². The maximum Gasteiger partial charge on any atom is 0.262 e. The second-order valence-electron chi connectivity index (χ2n) is 3.08. The highest BCUT2D eigenvalue weighted by Gasteiger charge is 2.23. The van der Waals surface area contributed by atoms with E-state index in [0.29, 0.717) is 5.02 Å². The molecule has 0 spiro atoms. The first-order valence-electron chi connectivity index (χ1n) is 4.51. The van der Waals surface area contributed by atoms with Crippen molar-refractivity contribution in [3.8, 4) is 0 Å². The van der Waals surface area contributed by atoms with Crippen molar-refractivity contribution in [3.63, 3.8) is 0 Å². The minimum atomic E-state index is -2.71. The van der Waals surface area contributed by atoms with Gasteiger partial charge in [0.25, 0.3) is 6.43 Å². The molecule has 0 fully saturated rings. The number of nitrogens with one attached hydrogen (secondary N) is 1. The summed E-state index contributed by atoms with van der Waals surface area (Å²) in [5, 5.41) is 2.49. The van der Waals surface area contributed by atoms with Gasteiger partial charge in [-0.15, -0.1) is 0 Å². The first-order chi connectivity index (χ1) is 7.54. The number of carbonyl (C=O) groups excluding carboxylic acids is 1. The molecule has 0 saturated heterocycles. The van der Waals surface area contributed by atoms with Crippen molar-refractivity contribution in [2.75, 3.05) is 0 Å². The number of carbonyl (C=O) groups is 1. The molecule has 86 valence electrons. The van der Waals surface area contributed by atoms with Crippen LogP contribution in [-0.2, 0) is 4.79 Å². The fraction of sp³-hybridized carbons (Fsp3) is 0.182. The van der Waals surface area contributed by atoms with Crippen molar-refractivity contribution in [2.45, 2.75) is 12.5 Å². The maximum absolute atomic E-state index is 12.7. The van der Waals surface area contributed by atoms with Crippen molar-refractivity contribution in [1.29, 1.82) is 0 Å². The van der Waals surface area contributed by atoms with E-state index in [-0.39, 0.29) is 5.56 Å². The summed E-state index contributed by atoms with van der Waals surface area (Å²) >= 11 is 5.69. The molecule has 1 rings (SSSR count).